The van der Waals surface area contributed by atoms with Gasteiger partial charge in [0.05, 0.1) is 12.8 Å². The molecule has 0 aromatic heterocycles. The van der Waals surface area contributed by atoms with Gasteiger partial charge in [-0.3, -0.25) is 14.5 Å². The van der Waals surface area contributed by atoms with Gasteiger partial charge in [0, 0.05) is 18.9 Å². The van der Waals surface area contributed by atoms with Crippen LogP contribution in [-0.4, -0.2) is 33.4 Å². The van der Waals surface area contributed by atoms with Crippen LogP contribution in [0.3, 0.4) is 0 Å². The number of ether oxygens (including phenoxy) is 1. The lowest BCUT2D eigenvalue weighted by Crippen LogP contribution is -2.36. The molecule has 8 heteroatoms. The molecule has 1 saturated heterocycles. The summed E-state index contributed by atoms with van der Waals surface area (Å²) in [5, 5.41) is 0. The molecule has 0 atom stereocenters. The number of imide groups is 1. The van der Waals surface area contributed by atoms with Crippen molar-refractivity contribution in [3.8, 4) is 5.75 Å². The van der Waals surface area contributed by atoms with E-state index in [2.05, 4.69) is 4.72 Å². The number of carbonyl (C=O) groups is 2. The molecule has 25 heavy (non-hydrogen) atoms. The van der Waals surface area contributed by atoms with E-state index < -0.39 is 10.0 Å². The van der Waals surface area contributed by atoms with Crippen LogP contribution in [0.25, 0.3) is 0 Å². The lowest BCUT2D eigenvalue weighted by Gasteiger charge is -2.23. The third-order valence-corrected chi connectivity index (χ3v) is 6.22. The fourth-order valence-electron chi connectivity index (χ4n) is 3.38. The molecule has 7 nitrogen and oxygen atoms in total. The van der Waals surface area contributed by atoms with Crippen LogP contribution in [0.15, 0.2) is 23.1 Å². The average Bonchev–Trinajstić information content (AvgIpc) is 2.93. The summed E-state index contributed by atoms with van der Waals surface area (Å²) in [7, 11) is -2.42. The second-order valence-corrected chi connectivity index (χ2v) is 8.10. The molecule has 1 N–H and O–H groups in total. The number of carbonyl (C=O) groups excluding carboxylic acids is 2. The summed E-state index contributed by atoms with van der Waals surface area (Å²) in [5.41, 5.74) is 0.261. The van der Waals surface area contributed by atoms with Crippen molar-refractivity contribution < 1.29 is 22.7 Å². The molecule has 2 aliphatic rings. The Balaban J connectivity index is 1.94. The second-order valence-electron chi connectivity index (χ2n) is 6.41. The summed E-state index contributed by atoms with van der Waals surface area (Å²) in [5.74, 6) is -0.455. The molecule has 1 heterocycles. The van der Waals surface area contributed by atoms with Crippen LogP contribution in [0.1, 0.15) is 44.9 Å². The van der Waals surface area contributed by atoms with Gasteiger partial charge < -0.3 is 4.74 Å². The van der Waals surface area contributed by atoms with E-state index in [-0.39, 0.29) is 47.0 Å². The van der Waals surface area contributed by atoms with Crippen molar-refractivity contribution in [1.29, 1.82) is 0 Å². The number of hydrogen-bond acceptors (Lipinski definition) is 5. The maximum Gasteiger partial charge on any atom is 0.244 e. The van der Waals surface area contributed by atoms with Crippen LogP contribution >= 0.6 is 0 Å². The van der Waals surface area contributed by atoms with Gasteiger partial charge >= 0.3 is 0 Å². The van der Waals surface area contributed by atoms with Crippen molar-refractivity contribution in [2.75, 3.05) is 12.0 Å². The Hall–Kier alpha value is -1.93. The van der Waals surface area contributed by atoms with Crippen LogP contribution in [0.2, 0.25) is 0 Å². The van der Waals surface area contributed by atoms with Crippen molar-refractivity contribution in [3.63, 3.8) is 0 Å². The first-order chi connectivity index (χ1) is 11.9. The molecule has 2 amide bonds. The molecule has 0 spiro atoms. The molecule has 1 aliphatic carbocycles. The van der Waals surface area contributed by atoms with E-state index in [1.807, 2.05) is 0 Å². The van der Waals surface area contributed by atoms with E-state index in [1.54, 1.807) is 0 Å². The fraction of sp³-hybridized carbons (Fsp3) is 0.529. The van der Waals surface area contributed by atoms with Crippen LogP contribution in [0.5, 0.6) is 5.75 Å². The Morgan fingerprint density at radius 2 is 1.72 bits per heavy atom. The van der Waals surface area contributed by atoms with Crippen molar-refractivity contribution in [2.24, 2.45) is 0 Å². The molecule has 0 bridgehead atoms. The zero-order valence-electron chi connectivity index (χ0n) is 14.2. The second kappa shape index (κ2) is 7.13. The van der Waals surface area contributed by atoms with E-state index in [0.717, 1.165) is 37.0 Å². The molecular weight excluding hydrogens is 344 g/mol. The maximum absolute atomic E-state index is 12.8. The minimum absolute atomic E-state index is 0.0504. The third-order valence-electron chi connectivity index (χ3n) is 4.67. The topological polar surface area (TPSA) is 92.8 Å². The monoisotopic (exact) mass is 366 g/mol. The minimum Gasteiger partial charge on any atom is -0.495 e. The first-order valence-electron chi connectivity index (χ1n) is 8.48. The van der Waals surface area contributed by atoms with Gasteiger partial charge in [0.2, 0.25) is 21.8 Å². The lowest BCUT2D eigenvalue weighted by molar-refractivity contribution is -0.121. The van der Waals surface area contributed by atoms with Crippen LogP contribution in [0, 0.1) is 0 Å². The summed E-state index contributed by atoms with van der Waals surface area (Å²) < 4.78 is 33.6. The maximum atomic E-state index is 12.8. The van der Waals surface area contributed by atoms with E-state index >= 15 is 0 Å². The molecule has 1 aromatic rings. The van der Waals surface area contributed by atoms with Crippen molar-refractivity contribution in [3.05, 3.63) is 18.2 Å². The summed E-state index contributed by atoms with van der Waals surface area (Å²) in [6.45, 7) is 0. The highest BCUT2D eigenvalue weighted by Crippen LogP contribution is 2.32. The summed E-state index contributed by atoms with van der Waals surface area (Å²) in [6, 6.07) is 4.25. The van der Waals surface area contributed by atoms with Gasteiger partial charge in [-0.1, -0.05) is 19.3 Å². The molecular formula is C17H22N2O5S. The van der Waals surface area contributed by atoms with Crippen molar-refractivity contribution in [2.45, 2.75) is 55.9 Å². The number of methoxy groups -OCH3 is 1. The third kappa shape index (κ3) is 3.69. The van der Waals surface area contributed by atoms with Gasteiger partial charge in [-0.25, -0.2) is 13.1 Å². The molecule has 1 aromatic carbocycles. The number of hydrogen-bond donors (Lipinski definition) is 1. The van der Waals surface area contributed by atoms with Gasteiger partial charge in [-0.05, 0) is 31.0 Å². The van der Waals surface area contributed by atoms with E-state index in [0.29, 0.717) is 0 Å². The van der Waals surface area contributed by atoms with Gasteiger partial charge in [-0.15, -0.1) is 0 Å². The van der Waals surface area contributed by atoms with E-state index in [9.17, 15) is 18.0 Å². The lowest BCUT2D eigenvalue weighted by atomic mass is 9.96. The molecule has 0 radical (unpaired) electrons. The molecule has 136 valence electrons. The van der Waals surface area contributed by atoms with Crippen molar-refractivity contribution >= 4 is 27.5 Å². The Morgan fingerprint density at radius 1 is 1.08 bits per heavy atom. The quantitative estimate of drug-likeness (QED) is 0.804. The standard InChI is InChI=1S/C17H22N2O5S/c1-24-14-8-7-13(19-16(20)9-10-17(19)21)11-15(14)25(22,23)18-12-5-3-2-4-6-12/h7-8,11-12,18H,2-6,9-10H2,1H3. The predicted octanol–water partition coefficient (Wildman–Crippen LogP) is 1.96. The minimum atomic E-state index is -3.81. The van der Waals surface area contributed by atoms with Crippen LogP contribution < -0.4 is 14.4 Å². The molecule has 2 fully saturated rings. The number of sulfonamides is 1. The van der Waals surface area contributed by atoms with Gasteiger partial charge in [0.25, 0.3) is 0 Å². The Kier molecular flexibility index (Phi) is 5.10. The molecule has 0 unspecified atom stereocenters. The number of rotatable bonds is 5. The van der Waals surface area contributed by atoms with Gasteiger partial charge in [0.15, 0.2) is 0 Å². The largest absolute Gasteiger partial charge is 0.495 e. The van der Waals surface area contributed by atoms with Crippen LogP contribution in [0.4, 0.5) is 5.69 Å². The number of benzene rings is 1. The van der Waals surface area contributed by atoms with Gasteiger partial charge in [-0.2, -0.15) is 0 Å². The zero-order valence-corrected chi connectivity index (χ0v) is 15.0. The highest BCUT2D eigenvalue weighted by atomic mass is 32.2. The van der Waals surface area contributed by atoms with E-state index in [1.165, 1.54) is 25.3 Å². The average molecular weight is 366 g/mol. The first kappa shape index (κ1) is 17.9. The Bertz CT molecular complexity index is 768. The summed E-state index contributed by atoms with van der Waals surface area (Å²) in [4.78, 5) is 24.8. The number of nitrogens with one attached hydrogen (secondary N) is 1. The SMILES string of the molecule is COc1ccc(N2C(=O)CCC2=O)cc1S(=O)(=O)NC1CCCCC1. The van der Waals surface area contributed by atoms with Crippen molar-refractivity contribution in [1.82, 2.24) is 4.72 Å². The highest BCUT2D eigenvalue weighted by molar-refractivity contribution is 7.89. The normalized spacial score (nSPS) is 19.5. The van der Waals surface area contributed by atoms with E-state index in [4.69, 9.17) is 4.74 Å². The smallest absolute Gasteiger partial charge is 0.244 e. The number of nitrogens with zero attached hydrogens (tertiary/aromatic N) is 1. The van der Waals surface area contributed by atoms with Gasteiger partial charge in [0.1, 0.15) is 10.6 Å². The number of anilines is 1. The highest BCUT2D eigenvalue weighted by Gasteiger charge is 2.32. The molecule has 1 saturated carbocycles. The predicted molar refractivity (Wildman–Crippen MR) is 91.9 cm³/mol. The zero-order chi connectivity index (χ0) is 18.0. The Labute approximate surface area is 147 Å². The summed E-state index contributed by atoms with van der Waals surface area (Å²) >= 11 is 0. The molecule has 3 rings (SSSR count). The Morgan fingerprint density at radius 3 is 2.32 bits per heavy atom. The fourth-order valence-corrected chi connectivity index (χ4v) is 4.88. The summed E-state index contributed by atoms with van der Waals surface area (Å²) in [6.07, 6.45) is 5.04. The number of amides is 2. The first-order valence-corrected chi connectivity index (χ1v) is 9.97. The van der Waals surface area contributed by atoms with Crippen LogP contribution in [-0.2, 0) is 19.6 Å². The molecule has 1 aliphatic heterocycles.